The second-order valence-corrected chi connectivity index (χ2v) is 7.13. The molecule has 1 fully saturated rings. The Bertz CT molecular complexity index is 788. The van der Waals surface area contributed by atoms with Crippen LogP contribution in [-0.4, -0.2) is 42.2 Å². The van der Waals surface area contributed by atoms with E-state index in [0.29, 0.717) is 13.2 Å². The minimum Gasteiger partial charge on any atom is -0.492 e. The first-order valence-electron chi connectivity index (χ1n) is 9.09. The van der Waals surface area contributed by atoms with Crippen LogP contribution < -0.4 is 9.47 Å². The molecular formula is C21H24ClNO4. The number of rotatable bonds is 5. The summed E-state index contributed by atoms with van der Waals surface area (Å²) < 4.78 is 11.9. The molecule has 1 saturated heterocycles. The van der Waals surface area contributed by atoms with Crippen LogP contribution in [-0.2, 0) is 10.2 Å². The number of hydrogen-bond donors (Lipinski definition) is 1. The van der Waals surface area contributed by atoms with Crippen LogP contribution in [0.15, 0.2) is 48.5 Å². The first-order valence-corrected chi connectivity index (χ1v) is 9.09. The largest absolute Gasteiger partial charge is 0.492 e. The molecule has 2 aliphatic rings. The molecule has 0 aliphatic carbocycles. The van der Waals surface area contributed by atoms with E-state index in [1.165, 1.54) is 5.56 Å². The lowest BCUT2D eigenvalue weighted by molar-refractivity contribution is -0.137. The van der Waals surface area contributed by atoms with Crippen LogP contribution in [0.3, 0.4) is 0 Å². The molecule has 0 saturated carbocycles. The van der Waals surface area contributed by atoms with Crippen LogP contribution in [0.25, 0.3) is 0 Å². The number of likely N-dealkylation sites (tertiary alicyclic amines) is 1. The van der Waals surface area contributed by atoms with Gasteiger partial charge >= 0.3 is 5.97 Å². The van der Waals surface area contributed by atoms with Gasteiger partial charge in [-0.3, -0.25) is 4.79 Å². The summed E-state index contributed by atoms with van der Waals surface area (Å²) in [5, 5.41) is 8.85. The third-order valence-electron chi connectivity index (χ3n) is 5.46. The summed E-state index contributed by atoms with van der Waals surface area (Å²) in [5.41, 5.74) is 1.32. The molecule has 144 valence electrons. The van der Waals surface area contributed by atoms with Gasteiger partial charge in [0.2, 0.25) is 0 Å². The molecule has 2 aliphatic heterocycles. The molecule has 2 heterocycles. The van der Waals surface area contributed by atoms with Gasteiger partial charge in [0.15, 0.2) is 0 Å². The molecule has 1 N–H and O–H groups in total. The number of fused-ring (bicyclic) bond motifs is 2. The van der Waals surface area contributed by atoms with Crippen molar-refractivity contribution in [3.8, 4) is 17.2 Å². The van der Waals surface area contributed by atoms with Crippen molar-refractivity contribution in [2.45, 2.75) is 24.7 Å². The molecule has 5 nitrogen and oxygen atoms in total. The van der Waals surface area contributed by atoms with Crippen LogP contribution in [0, 0.1) is 0 Å². The molecule has 1 spiro atoms. The van der Waals surface area contributed by atoms with Gasteiger partial charge in [0.05, 0.1) is 13.0 Å². The van der Waals surface area contributed by atoms with Gasteiger partial charge in [-0.1, -0.05) is 24.3 Å². The van der Waals surface area contributed by atoms with E-state index in [1.807, 2.05) is 42.5 Å². The topological polar surface area (TPSA) is 59.0 Å². The Hall–Kier alpha value is -2.24. The Morgan fingerprint density at radius 3 is 2.56 bits per heavy atom. The molecule has 2 aromatic carbocycles. The van der Waals surface area contributed by atoms with Crippen LogP contribution in [0.1, 0.15) is 24.8 Å². The van der Waals surface area contributed by atoms with E-state index in [-0.39, 0.29) is 24.2 Å². The van der Waals surface area contributed by atoms with Crippen molar-refractivity contribution >= 4 is 18.4 Å². The number of nitrogens with zero attached hydrogens (tertiary/aromatic N) is 1. The SMILES string of the molecule is Cl.O=C(O)CCN1CCC2(CC1)COc1cc(Oc3ccccc3)ccc12. The predicted octanol–water partition coefficient (Wildman–Crippen LogP) is 4.10. The number of carboxylic acids is 1. The maximum Gasteiger partial charge on any atom is 0.304 e. The number of benzene rings is 2. The zero-order valence-corrected chi connectivity index (χ0v) is 15.9. The molecule has 0 bridgehead atoms. The van der Waals surface area contributed by atoms with Crippen molar-refractivity contribution in [1.82, 2.24) is 4.90 Å². The molecule has 0 unspecified atom stereocenters. The van der Waals surface area contributed by atoms with Gasteiger partial charge in [0, 0.05) is 23.6 Å². The highest BCUT2D eigenvalue weighted by Crippen LogP contribution is 2.47. The van der Waals surface area contributed by atoms with Crippen molar-refractivity contribution in [2.24, 2.45) is 0 Å². The van der Waals surface area contributed by atoms with E-state index in [9.17, 15) is 4.79 Å². The number of carbonyl (C=O) groups is 1. The number of hydrogen-bond acceptors (Lipinski definition) is 4. The Labute approximate surface area is 165 Å². The maximum atomic E-state index is 10.8. The fraction of sp³-hybridized carbons (Fsp3) is 0.381. The quantitative estimate of drug-likeness (QED) is 0.834. The Balaban J connectivity index is 0.00000210. The van der Waals surface area contributed by atoms with Crippen LogP contribution in [0.2, 0.25) is 0 Å². The highest BCUT2D eigenvalue weighted by Gasteiger charge is 2.43. The molecule has 0 aromatic heterocycles. The summed E-state index contributed by atoms with van der Waals surface area (Å²) in [6, 6.07) is 15.9. The smallest absolute Gasteiger partial charge is 0.304 e. The summed E-state index contributed by atoms with van der Waals surface area (Å²) in [4.78, 5) is 13.0. The van der Waals surface area contributed by atoms with Crippen molar-refractivity contribution < 1.29 is 19.4 Å². The normalized spacial score (nSPS) is 17.6. The Kier molecular flexibility index (Phi) is 5.92. The van der Waals surface area contributed by atoms with Crippen molar-refractivity contribution in [1.29, 1.82) is 0 Å². The van der Waals surface area contributed by atoms with Crippen LogP contribution in [0.5, 0.6) is 17.2 Å². The van der Waals surface area contributed by atoms with Crippen molar-refractivity contribution in [2.75, 3.05) is 26.2 Å². The third kappa shape index (κ3) is 4.20. The van der Waals surface area contributed by atoms with E-state index >= 15 is 0 Å². The Morgan fingerprint density at radius 2 is 1.85 bits per heavy atom. The number of aliphatic carboxylic acids is 1. The molecule has 0 radical (unpaired) electrons. The van der Waals surface area contributed by atoms with Gasteiger partial charge in [0.1, 0.15) is 17.2 Å². The zero-order valence-electron chi connectivity index (χ0n) is 15.1. The summed E-state index contributed by atoms with van der Waals surface area (Å²) >= 11 is 0. The third-order valence-corrected chi connectivity index (χ3v) is 5.46. The maximum absolute atomic E-state index is 10.8. The first kappa shape index (κ1) is 19.5. The standard InChI is InChI=1S/C21H23NO4.ClH/c23-20(24)8-11-22-12-9-21(10-13-22)15-25-19-14-17(6-7-18(19)21)26-16-4-2-1-3-5-16;/h1-7,14H,8-13,15H2,(H,23,24);1H. The number of carboxylic acid groups (broad SMARTS) is 1. The second kappa shape index (κ2) is 8.19. The van der Waals surface area contributed by atoms with Gasteiger partial charge in [-0.25, -0.2) is 0 Å². The van der Waals surface area contributed by atoms with E-state index < -0.39 is 5.97 Å². The molecule has 0 atom stereocenters. The molecular weight excluding hydrogens is 366 g/mol. The van der Waals surface area contributed by atoms with Crippen LogP contribution in [0.4, 0.5) is 0 Å². The molecule has 6 heteroatoms. The van der Waals surface area contributed by atoms with Gasteiger partial charge in [-0.2, -0.15) is 0 Å². The number of ether oxygens (including phenoxy) is 2. The minimum atomic E-state index is -0.731. The van der Waals surface area contributed by atoms with E-state index in [4.69, 9.17) is 14.6 Å². The average Bonchev–Trinajstić information content (AvgIpc) is 3.00. The molecule has 0 amide bonds. The highest BCUT2D eigenvalue weighted by atomic mass is 35.5. The van der Waals surface area contributed by atoms with Gasteiger partial charge < -0.3 is 19.5 Å². The number of halogens is 1. The number of piperidine rings is 1. The lowest BCUT2D eigenvalue weighted by Crippen LogP contribution is -2.44. The Morgan fingerprint density at radius 1 is 1.11 bits per heavy atom. The van der Waals surface area contributed by atoms with E-state index in [2.05, 4.69) is 11.0 Å². The van der Waals surface area contributed by atoms with Gasteiger partial charge in [-0.15, -0.1) is 12.4 Å². The summed E-state index contributed by atoms with van der Waals surface area (Å²) in [5.74, 6) is 1.78. The van der Waals surface area contributed by atoms with Gasteiger partial charge in [-0.05, 0) is 44.1 Å². The van der Waals surface area contributed by atoms with Crippen molar-refractivity contribution in [3.63, 3.8) is 0 Å². The monoisotopic (exact) mass is 389 g/mol. The number of para-hydroxylation sites is 1. The fourth-order valence-corrected chi connectivity index (χ4v) is 3.91. The van der Waals surface area contributed by atoms with Crippen molar-refractivity contribution in [3.05, 3.63) is 54.1 Å². The second-order valence-electron chi connectivity index (χ2n) is 7.13. The molecule has 27 heavy (non-hydrogen) atoms. The van der Waals surface area contributed by atoms with E-state index in [0.717, 1.165) is 43.2 Å². The lowest BCUT2D eigenvalue weighted by atomic mass is 9.74. The zero-order chi connectivity index (χ0) is 18.0. The first-order chi connectivity index (χ1) is 12.6. The predicted molar refractivity (Wildman–Crippen MR) is 105 cm³/mol. The summed E-state index contributed by atoms with van der Waals surface area (Å²) in [7, 11) is 0. The summed E-state index contributed by atoms with van der Waals surface area (Å²) in [6.45, 7) is 3.16. The van der Waals surface area contributed by atoms with Gasteiger partial charge in [0.25, 0.3) is 0 Å². The summed E-state index contributed by atoms with van der Waals surface area (Å²) in [6.07, 6.45) is 2.21. The fourth-order valence-electron chi connectivity index (χ4n) is 3.91. The van der Waals surface area contributed by atoms with Crippen LogP contribution >= 0.6 is 12.4 Å². The molecule has 4 rings (SSSR count). The lowest BCUT2D eigenvalue weighted by Gasteiger charge is -2.38. The average molecular weight is 390 g/mol. The highest BCUT2D eigenvalue weighted by molar-refractivity contribution is 5.85. The molecule has 2 aromatic rings. The minimum absolute atomic E-state index is 0. The van der Waals surface area contributed by atoms with E-state index in [1.54, 1.807) is 0 Å².